The van der Waals surface area contributed by atoms with E-state index < -0.39 is 12.1 Å². The lowest BCUT2D eigenvalue weighted by atomic mass is 10.0. The van der Waals surface area contributed by atoms with Gasteiger partial charge in [-0.25, -0.2) is 0 Å². The van der Waals surface area contributed by atoms with Crippen LogP contribution in [0.3, 0.4) is 0 Å². The van der Waals surface area contributed by atoms with Gasteiger partial charge in [0.2, 0.25) is 0 Å². The van der Waals surface area contributed by atoms with Gasteiger partial charge in [0.25, 0.3) is 0 Å². The fourth-order valence-electron chi connectivity index (χ4n) is 8.25. The molecule has 0 bridgehead atoms. The Bertz CT molecular complexity index is 1350. The van der Waals surface area contributed by atoms with Crippen molar-refractivity contribution in [3.63, 3.8) is 0 Å². The van der Waals surface area contributed by atoms with Crippen LogP contribution in [0, 0.1) is 0 Å². The molecule has 0 amide bonds. The molecule has 0 radical (unpaired) electrons. The molecule has 70 heavy (non-hydrogen) atoms. The quantitative estimate of drug-likeness (QED) is 0.0261. The van der Waals surface area contributed by atoms with Gasteiger partial charge in [-0.1, -0.05) is 273 Å². The normalized spacial score (nSPS) is 12.7. The summed E-state index contributed by atoms with van der Waals surface area (Å²) in [5, 5.41) is 0. The van der Waals surface area contributed by atoms with Crippen molar-refractivity contribution in [1.82, 2.24) is 0 Å². The predicted octanol–water partition coefficient (Wildman–Crippen LogP) is 19.9. The Morgan fingerprint density at radius 3 is 1.03 bits per heavy atom. The number of carbonyl (C=O) groups excluding carboxylic acids is 3. The first kappa shape index (κ1) is 66.6. The van der Waals surface area contributed by atoms with Crippen LogP contribution in [0.4, 0.5) is 0 Å². The van der Waals surface area contributed by atoms with Crippen LogP contribution in [0.25, 0.3) is 0 Å². The molecule has 0 heterocycles. The monoisotopic (exact) mass is 975 g/mol. The van der Waals surface area contributed by atoms with Gasteiger partial charge >= 0.3 is 17.9 Å². The van der Waals surface area contributed by atoms with Crippen LogP contribution in [-0.4, -0.2) is 37.2 Å². The Hall–Kier alpha value is -3.41. The fraction of sp³-hybridized carbons (Fsp3) is 0.734. The minimum Gasteiger partial charge on any atom is -0.462 e. The maximum Gasteiger partial charge on any atom is 0.309 e. The summed E-state index contributed by atoms with van der Waals surface area (Å²) in [7, 11) is 0. The van der Waals surface area contributed by atoms with Crippen molar-refractivity contribution in [2.24, 2.45) is 0 Å². The van der Waals surface area contributed by atoms with E-state index in [0.717, 1.165) is 77.0 Å². The molecular formula is C64H110O6. The first-order valence-corrected chi connectivity index (χ1v) is 29.6. The lowest BCUT2D eigenvalue weighted by Gasteiger charge is -2.18. The maximum atomic E-state index is 12.9. The molecule has 0 rings (SSSR count). The smallest absolute Gasteiger partial charge is 0.309 e. The molecule has 0 N–H and O–H groups in total. The summed E-state index contributed by atoms with van der Waals surface area (Å²) >= 11 is 0. The van der Waals surface area contributed by atoms with E-state index >= 15 is 0 Å². The van der Waals surface area contributed by atoms with E-state index in [2.05, 4.69) is 93.7 Å². The number of allylic oxidation sites excluding steroid dienone is 13. The van der Waals surface area contributed by atoms with Crippen molar-refractivity contribution in [3.05, 3.63) is 85.1 Å². The SMILES string of the molecule is CC/C=C\C/C=C\C/C=C\C/C=C\C/C=C\CC(=O)OCC(COC(=O)CCCCCCCCCCC/C=C\C/C=C\CCCCC)OC(=O)CCCCCCCCCCCCCCCCCCCC. The lowest BCUT2D eigenvalue weighted by molar-refractivity contribution is -0.166. The van der Waals surface area contributed by atoms with Crippen LogP contribution in [0.1, 0.15) is 284 Å². The zero-order valence-electron chi connectivity index (χ0n) is 46.0. The lowest BCUT2D eigenvalue weighted by Crippen LogP contribution is -2.30. The average Bonchev–Trinajstić information content (AvgIpc) is 3.36. The van der Waals surface area contributed by atoms with Gasteiger partial charge in [-0.15, -0.1) is 0 Å². The summed E-state index contributed by atoms with van der Waals surface area (Å²) in [4.78, 5) is 38.1. The Labute approximate surface area is 433 Å². The predicted molar refractivity (Wildman–Crippen MR) is 302 cm³/mol. The summed E-state index contributed by atoms with van der Waals surface area (Å²) in [5.41, 5.74) is 0. The molecule has 0 aromatic carbocycles. The molecule has 0 aliphatic heterocycles. The third kappa shape index (κ3) is 55.5. The standard InChI is InChI=1S/C64H110O6/c1-4-7-10-13-16-19-22-25-28-30-32-34-36-39-42-45-48-51-54-57-63(66)69-60-61(59-68-62(65)56-53-50-47-44-41-38-35-27-24-21-18-15-12-9-6-3)70-64(67)58-55-52-49-46-43-40-37-33-31-29-26-23-20-17-14-11-8-5-2/h9,12,16,18-19,21,25,27-28,35,41,44,50,53,61H,4-8,10-11,13-15,17,20,22-24,26,29-34,36-40,42-43,45-49,51-52,54-60H2,1-3H3/b12-9-,19-16-,21-18-,28-25-,35-27-,44-41-,53-50-. The van der Waals surface area contributed by atoms with Crippen molar-refractivity contribution < 1.29 is 28.6 Å². The molecule has 402 valence electrons. The molecule has 0 saturated carbocycles. The Morgan fingerprint density at radius 2 is 0.614 bits per heavy atom. The topological polar surface area (TPSA) is 78.9 Å². The van der Waals surface area contributed by atoms with Gasteiger partial charge in [0.1, 0.15) is 13.2 Å². The number of ether oxygens (including phenoxy) is 3. The second-order valence-electron chi connectivity index (χ2n) is 19.5. The number of rotatable bonds is 53. The van der Waals surface area contributed by atoms with E-state index in [1.165, 1.54) is 167 Å². The largest absolute Gasteiger partial charge is 0.462 e. The highest BCUT2D eigenvalue weighted by Crippen LogP contribution is 2.16. The minimum absolute atomic E-state index is 0.107. The van der Waals surface area contributed by atoms with Gasteiger partial charge in [-0.05, 0) is 77.0 Å². The van der Waals surface area contributed by atoms with E-state index in [9.17, 15) is 14.4 Å². The van der Waals surface area contributed by atoms with Crippen molar-refractivity contribution in [1.29, 1.82) is 0 Å². The maximum absolute atomic E-state index is 12.9. The van der Waals surface area contributed by atoms with Crippen LogP contribution in [0.5, 0.6) is 0 Å². The molecule has 6 heteroatoms. The molecular weight excluding hydrogens is 865 g/mol. The fourth-order valence-corrected chi connectivity index (χ4v) is 8.25. The zero-order valence-corrected chi connectivity index (χ0v) is 46.0. The Morgan fingerprint density at radius 1 is 0.314 bits per heavy atom. The van der Waals surface area contributed by atoms with E-state index in [1.54, 1.807) is 6.08 Å². The van der Waals surface area contributed by atoms with Crippen LogP contribution in [0.15, 0.2) is 85.1 Å². The van der Waals surface area contributed by atoms with Gasteiger partial charge in [0, 0.05) is 12.8 Å². The number of hydrogen-bond donors (Lipinski definition) is 0. The second kappa shape index (κ2) is 58.2. The van der Waals surface area contributed by atoms with Gasteiger partial charge in [-0.3, -0.25) is 14.4 Å². The van der Waals surface area contributed by atoms with Gasteiger partial charge < -0.3 is 14.2 Å². The molecule has 0 aliphatic carbocycles. The van der Waals surface area contributed by atoms with Gasteiger partial charge in [-0.2, -0.15) is 0 Å². The summed E-state index contributed by atoms with van der Waals surface area (Å²) in [6.45, 7) is 6.44. The van der Waals surface area contributed by atoms with Crippen LogP contribution in [0.2, 0.25) is 0 Å². The van der Waals surface area contributed by atoms with Crippen LogP contribution >= 0.6 is 0 Å². The Kier molecular flexibility index (Phi) is 55.3. The number of carbonyl (C=O) groups is 3. The van der Waals surface area contributed by atoms with Crippen molar-refractivity contribution >= 4 is 17.9 Å². The molecule has 1 atom stereocenters. The zero-order chi connectivity index (χ0) is 50.7. The molecule has 0 fully saturated rings. The highest BCUT2D eigenvalue weighted by atomic mass is 16.6. The first-order valence-electron chi connectivity index (χ1n) is 29.6. The highest BCUT2D eigenvalue weighted by molar-refractivity contribution is 5.72. The molecule has 0 spiro atoms. The minimum atomic E-state index is -0.817. The number of unbranched alkanes of at least 4 members (excludes halogenated alkanes) is 29. The molecule has 6 nitrogen and oxygen atoms in total. The summed E-state index contributed by atoms with van der Waals surface area (Å²) in [5.74, 6) is -1.03. The Balaban J connectivity index is 4.45. The molecule has 1 unspecified atom stereocenters. The van der Waals surface area contributed by atoms with Crippen LogP contribution in [-0.2, 0) is 28.6 Å². The van der Waals surface area contributed by atoms with E-state index in [4.69, 9.17) is 14.2 Å². The van der Waals surface area contributed by atoms with Crippen molar-refractivity contribution in [2.75, 3.05) is 13.2 Å². The molecule has 0 aromatic heterocycles. The van der Waals surface area contributed by atoms with E-state index in [-0.39, 0.29) is 31.6 Å². The van der Waals surface area contributed by atoms with Gasteiger partial charge in [0.05, 0.1) is 6.42 Å². The van der Waals surface area contributed by atoms with E-state index in [1.807, 2.05) is 6.08 Å². The summed E-state index contributed by atoms with van der Waals surface area (Å²) < 4.78 is 16.8. The van der Waals surface area contributed by atoms with Crippen molar-refractivity contribution in [3.8, 4) is 0 Å². The van der Waals surface area contributed by atoms with Crippen molar-refractivity contribution in [2.45, 2.75) is 290 Å². The summed E-state index contributed by atoms with van der Waals surface area (Å²) in [6.07, 6.45) is 76.0. The first-order chi connectivity index (χ1) is 34.5. The molecule has 0 aromatic rings. The van der Waals surface area contributed by atoms with Gasteiger partial charge in [0.15, 0.2) is 6.10 Å². The van der Waals surface area contributed by atoms with Crippen LogP contribution < -0.4 is 0 Å². The summed E-state index contributed by atoms with van der Waals surface area (Å²) in [6, 6.07) is 0. The number of hydrogen-bond acceptors (Lipinski definition) is 6. The highest BCUT2D eigenvalue weighted by Gasteiger charge is 2.19. The van der Waals surface area contributed by atoms with E-state index in [0.29, 0.717) is 12.8 Å². The average molecular weight is 976 g/mol. The second-order valence-corrected chi connectivity index (χ2v) is 19.5. The number of esters is 3. The molecule has 0 saturated heterocycles. The third-order valence-electron chi connectivity index (χ3n) is 12.7. The third-order valence-corrected chi connectivity index (χ3v) is 12.7. The molecule has 0 aliphatic rings.